The quantitative estimate of drug-likeness (QED) is 0.696. The van der Waals surface area contributed by atoms with Crippen LogP contribution in [0.1, 0.15) is 23.6 Å². The lowest BCUT2D eigenvalue weighted by molar-refractivity contribution is 0.0377. The number of nitrogens with zero attached hydrogens (tertiary/aromatic N) is 1. The predicted molar refractivity (Wildman–Crippen MR) is 47.7 cm³/mol. The van der Waals surface area contributed by atoms with Crippen LogP contribution in [0.15, 0.2) is 6.20 Å². The molecule has 1 aromatic heterocycles. The molecule has 12 heavy (non-hydrogen) atoms. The summed E-state index contributed by atoms with van der Waals surface area (Å²) in [7, 11) is 0. The molecule has 66 valence electrons. The first kappa shape index (κ1) is 9.48. The molecule has 0 aromatic carbocycles. The molecule has 0 bridgehead atoms. The Kier molecular flexibility index (Phi) is 3.05. The molecule has 5 heteroatoms. The number of esters is 1. The highest BCUT2D eigenvalue weighted by atomic mass is 35.5. The largest absolute Gasteiger partial charge is 0.458 e. The number of aromatic nitrogens is 1. The topological polar surface area (TPSA) is 39.2 Å². The van der Waals surface area contributed by atoms with E-state index in [-0.39, 0.29) is 6.10 Å². The smallest absolute Gasteiger partial charge is 0.367 e. The van der Waals surface area contributed by atoms with Crippen LogP contribution < -0.4 is 0 Å². The van der Waals surface area contributed by atoms with Gasteiger partial charge in [-0.05, 0) is 13.8 Å². The molecule has 0 atom stereocenters. The number of thiazole rings is 1. The number of carbonyl (C=O) groups excluding carboxylic acids is 1. The van der Waals surface area contributed by atoms with Crippen molar-refractivity contribution in [3.8, 4) is 0 Å². The molecule has 0 fully saturated rings. The van der Waals surface area contributed by atoms with Crippen molar-refractivity contribution >= 4 is 28.9 Å². The van der Waals surface area contributed by atoms with E-state index in [1.54, 1.807) is 13.8 Å². The summed E-state index contributed by atoms with van der Waals surface area (Å²) in [6, 6.07) is 0. The molecule has 3 nitrogen and oxygen atoms in total. The van der Waals surface area contributed by atoms with Crippen LogP contribution in [0.5, 0.6) is 0 Å². The molecule has 0 radical (unpaired) electrons. The summed E-state index contributed by atoms with van der Waals surface area (Å²) in [5, 5.41) is 0.300. The average molecular weight is 206 g/mol. The molecule has 1 rings (SSSR count). The summed E-state index contributed by atoms with van der Waals surface area (Å²) >= 11 is 6.71. The molecule has 1 heterocycles. The van der Waals surface area contributed by atoms with Gasteiger partial charge in [-0.3, -0.25) is 0 Å². The number of hydrogen-bond acceptors (Lipinski definition) is 4. The highest BCUT2D eigenvalue weighted by molar-refractivity contribution is 7.17. The first-order valence-electron chi connectivity index (χ1n) is 3.42. The maximum absolute atomic E-state index is 11.1. The monoisotopic (exact) mass is 205 g/mol. The molecule has 0 spiro atoms. The van der Waals surface area contributed by atoms with E-state index in [4.69, 9.17) is 16.3 Å². The highest BCUT2D eigenvalue weighted by Crippen LogP contribution is 2.19. The maximum atomic E-state index is 11.1. The zero-order valence-corrected chi connectivity index (χ0v) is 8.28. The van der Waals surface area contributed by atoms with Crippen LogP contribution in [-0.4, -0.2) is 17.1 Å². The van der Waals surface area contributed by atoms with Gasteiger partial charge in [0.15, 0.2) is 0 Å². The zero-order chi connectivity index (χ0) is 9.14. The van der Waals surface area contributed by atoms with Crippen molar-refractivity contribution in [2.45, 2.75) is 20.0 Å². The second-order valence-corrected chi connectivity index (χ2v) is 4.09. The summed E-state index contributed by atoms with van der Waals surface area (Å²) in [4.78, 5) is 14.9. The van der Waals surface area contributed by atoms with Crippen LogP contribution >= 0.6 is 22.9 Å². The van der Waals surface area contributed by atoms with E-state index in [1.807, 2.05) is 0 Å². The van der Waals surface area contributed by atoms with Crippen molar-refractivity contribution in [1.29, 1.82) is 0 Å². The molecule has 0 N–H and O–H groups in total. The molecule has 0 saturated carbocycles. The van der Waals surface area contributed by atoms with Crippen molar-refractivity contribution in [2.75, 3.05) is 0 Å². The summed E-state index contributed by atoms with van der Waals surface area (Å²) in [6.07, 6.45) is 1.31. The molecule has 0 aliphatic carbocycles. The predicted octanol–water partition coefficient (Wildman–Crippen LogP) is 2.36. The van der Waals surface area contributed by atoms with Crippen LogP contribution in [0.2, 0.25) is 4.34 Å². The van der Waals surface area contributed by atoms with Crippen molar-refractivity contribution in [3.63, 3.8) is 0 Å². The second-order valence-electron chi connectivity index (χ2n) is 2.42. The van der Waals surface area contributed by atoms with Gasteiger partial charge < -0.3 is 4.74 Å². The van der Waals surface area contributed by atoms with Gasteiger partial charge in [-0.2, -0.15) is 0 Å². The van der Waals surface area contributed by atoms with Gasteiger partial charge in [0, 0.05) is 0 Å². The molecule has 0 aliphatic rings. The molecular weight excluding hydrogens is 198 g/mol. The number of rotatable bonds is 2. The van der Waals surface area contributed by atoms with Crippen molar-refractivity contribution in [3.05, 3.63) is 15.5 Å². The van der Waals surface area contributed by atoms with Crippen LogP contribution in [0, 0.1) is 0 Å². The third kappa shape index (κ3) is 2.46. The third-order valence-electron chi connectivity index (χ3n) is 0.995. The lowest BCUT2D eigenvalue weighted by Crippen LogP contribution is -2.10. The first-order chi connectivity index (χ1) is 5.59. The summed E-state index contributed by atoms with van der Waals surface area (Å²) in [5.41, 5.74) is 0. The molecule has 0 aliphatic heterocycles. The fourth-order valence-electron chi connectivity index (χ4n) is 0.613. The Morgan fingerprint density at radius 3 is 2.83 bits per heavy atom. The van der Waals surface area contributed by atoms with Gasteiger partial charge in [-0.1, -0.05) is 22.9 Å². The summed E-state index contributed by atoms with van der Waals surface area (Å²) in [6.45, 7) is 3.57. The van der Waals surface area contributed by atoms with Crippen molar-refractivity contribution in [1.82, 2.24) is 4.98 Å². The van der Waals surface area contributed by atoms with E-state index in [0.717, 1.165) is 11.3 Å². The number of halogens is 1. The van der Waals surface area contributed by atoms with E-state index in [9.17, 15) is 4.79 Å². The van der Waals surface area contributed by atoms with E-state index < -0.39 is 5.97 Å². The van der Waals surface area contributed by atoms with E-state index in [2.05, 4.69) is 4.98 Å². The van der Waals surface area contributed by atoms with Crippen LogP contribution in [-0.2, 0) is 4.74 Å². The lowest BCUT2D eigenvalue weighted by atomic mass is 10.5. The normalized spacial score (nSPS) is 10.3. The van der Waals surface area contributed by atoms with Crippen molar-refractivity contribution < 1.29 is 9.53 Å². The first-order valence-corrected chi connectivity index (χ1v) is 4.61. The molecule has 0 unspecified atom stereocenters. The Morgan fingerprint density at radius 1 is 1.75 bits per heavy atom. The average Bonchev–Trinajstić information content (AvgIpc) is 2.34. The standard InChI is InChI=1S/C7H8ClNO2S/c1-4(2)11-7(10)6-9-3-5(8)12-6/h3-4H,1-2H3. The van der Waals surface area contributed by atoms with E-state index in [1.165, 1.54) is 6.20 Å². The fourth-order valence-corrected chi connectivity index (χ4v) is 1.41. The van der Waals surface area contributed by atoms with Crippen LogP contribution in [0.3, 0.4) is 0 Å². The zero-order valence-electron chi connectivity index (χ0n) is 6.70. The second kappa shape index (κ2) is 3.87. The van der Waals surface area contributed by atoms with Gasteiger partial charge in [0.1, 0.15) is 4.34 Å². The fraction of sp³-hybridized carbons (Fsp3) is 0.429. The SMILES string of the molecule is CC(C)OC(=O)c1ncc(Cl)s1. The Bertz CT molecular complexity index is 285. The van der Waals surface area contributed by atoms with Gasteiger partial charge >= 0.3 is 5.97 Å². The molecule has 1 aromatic rings. The van der Waals surface area contributed by atoms with Gasteiger partial charge in [-0.15, -0.1) is 0 Å². The van der Waals surface area contributed by atoms with E-state index >= 15 is 0 Å². The van der Waals surface area contributed by atoms with Crippen LogP contribution in [0.25, 0.3) is 0 Å². The number of carbonyl (C=O) groups is 1. The minimum atomic E-state index is -0.415. The minimum absolute atomic E-state index is 0.125. The Morgan fingerprint density at radius 2 is 2.42 bits per heavy atom. The van der Waals surface area contributed by atoms with Gasteiger partial charge in [-0.25, -0.2) is 9.78 Å². The molecular formula is C7H8ClNO2S. The maximum Gasteiger partial charge on any atom is 0.367 e. The van der Waals surface area contributed by atoms with Crippen molar-refractivity contribution in [2.24, 2.45) is 0 Å². The lowest BCUT2D eigenvalue weighted by Gasteiger charge is -2.04. The van der Waals surface area contributed by atoms with Gasteiger partial charge in [0.25, 0.3) is 0 Å². The van der Waals surface area contributed by atoms with Crippen LogP contribution in [0.4, 0.5) is 0 Å². The summed E-state index contributed by atoms with van der Waals surface area (Å²) < 4.78 is 5.39. The third-order valence-corrected chi connectivity index (χ3v) is 2.09. The molecule has 0 amide bonds. The Balaban J connectivity index is 2.65. The van der Waals surface area contributed by atoms with E-state index in [0.29, 0.717) is 9.34 Å². The van der Waals surface area contributed by atoms with Gasteiger partial charge in [0.05, 0.1) is 12.3 Å². The Hall–Kier alpha value is -0.610. The highest BCUT2D eigenvalue weighted by Gasteiger charge is 2.12. The number of hydrogen-bond donors (Lipinski definition) is 0. The molecule has 0 saturated heterocycles. The summed E-state index contributed by atoms with van der Waals surface area (Å²) in [5.74, 6) is -0.415. The minimum Gasteiger partial charge on any atom is -0.458 e. The Labute approximate surface area is 79.3 Å². The number of ether oxygens (including phenoxy) is 1. The van der Waals surface area contributed by atoms with Gasteiger partial charge in [0.2, 0.25) is 5.01 Å².